The van der Waals surface area contributed by atoms with Gasteiger partial charge < -0.3 is 10.0 Å². The Balaban J connectivity index is 2.55. The van der Waals surface area contributed by atoms with Gasteiger partial charge in [0, 0.05) is 44.9 Å². The number of piperidine rings is 1. The number of nitro benzene ring substituents is 1. The van der Waals surface area contributed by atoms with Gasteiger partial charge in [-0.2, -0.15) is 4.31 Å². The first-order chi connectivity index (χ1) is 11.8. The van der Waals surface area contributed by atoms with Gasteiger partial charge in [-0.05, 0) is 24.8 Å². The van der Waals surface area contributed by atoms with Crippen LogP contribution in [0.15, 0.2) is 23.1 Å². The predicted octanol–water partition coefficient (Wildman–Crippen LogP) is 1.83. The van der Waals surface area contributed by atoms with Gasteiger partial charge in [0.05, 0.1) is 10.6 Å². The number of hydrogen-bond acceptors (Lipinski definition) is 6. The molecule has 0 saturated carbocycles. The topological polar surface area (TPSA) is 104 Å². The summed E-state index contributed by atoms with van der Waals surface area (Å²) in [4.78, 5) is 12.4. The van der Waals surface area contributed by atoms with Crippen molar-refractivity contribution in [3.8, 4) is 0 Å². The number of rotatable bonds is 7. The number of nitrogens with zero attached hydrogens (tertiary/aromatic N) is 3. The van der Waals surface area contributed by atoms with Crippen LogP contribution in [0, 0.1) is 16.0 Å². The maximum Gasteiger partial charge on any atom is 0.270 e. The summed E-state index contributed by atoms with van der Waals surface area (Å²) in [7, 11) is -3.84. The molecule has 1 atom stereocenters. The second-order valence-corrected chi connectivity index (χ2v) is 8.04. The molecule has 0 radical (unpaired) electrons. The molecule has 9 heteroatoms. The molecule has 2 rings (SSSR count). The summed E-state index contributed by atoms with van der Waals surface area (Å²) in [6.07, 6.45) is 1.73. The Labute approximate surface area is 148 Å². The molecule has 0 aliphatic carbocycles. The lowest BCUT2D eigenvalue weighted by atomic mass is 9.98. The van der Waals surface area contributed by atoms with E-state index in [1.165, 1.54) is 16.4 Å². The molecular formula is C16H25N3O5S. The fraction of sp³-hybridized carbons (Fsp3) is 0.625. The largest absolute Gasteiger partial charge is 0.396 e. The van der Waals surface area contributed by atoms with Gasteiger partial charge in [0.2, 0.25) is 10.0 Å². The van der Waals surface area contributed by atoms with Crippen molar-refractivity contribution in [1.82, 2.24) is 4.31 Å². The fourth-order valence-electron chi connectivity index (χ4n) is 3.22. The lowest BCUT2D eigenvalue weighted by Crippen LogP contribution is -2.38. The van der Waals surface area contributed by atoms with E-state index in [0.717, 1.165) is 18.9 Å². The molecule has 1 aliphatic rings. The highest BCUT2D eigenvalue weighted by molar-refractivity contribution is 7.89. The Kier molecular flexibility index (Phi) is 6.36. The van der Waals surface area contributed by atoms with E-state index in [4.69, 9.17) is 0 Å². The maximum absolute atomic E-state index is 13.0. The van der Waals surface area contributed by atoms with Gasteiger partial charge in [-0.25, -0.2) is 8.42 Å². The molecule has 1 aromatic rings. The summed E-state index contributed by atoms with van der Waals surface area (Å²) in [5.74, 6) is 0.0768. The molecule has 0 unspecified atom stereocenters. The van der Waals surface area contributed by atoms with E-state index < -0.39 is 14.9 Å². The van der Waals surface area contributed by atoms with Crippen molar-refractivity contribution in [1.29, 1.82) is 0 Å². The molecule has 1 saturated heterocycles. The first-order valence-corrected chi connectivity index (χ1v) is 9.93. The number of benzene rings is 1. The minimum atomic E-state index is -3.84. The van der Waals surface area contributed by atoms with Gasteiger partial charge >= 0.3 is 0 Å². The third kappa shape index (κ3) is 4.10. The number of non-ortho nitro benzene ring substituents is 1. The lowest BCUT2D eigenvalue weighted by molar-refractivity contribution is -0.385. The molecule has 1 fully saturated rings. The van der Waals surface area contributed by atoms with Gasteiger partial charge in [-0.15, -0.1) is 0 Å². The van der Waals surface area contributed by atoms with E-state index in [-0.39, 0.29) is 23.1 Å². The lowest BCUT2D eigenvalue weighted by Gasteiger charge is -2.35. The number of aliphatic hydroxyl groups excluding tert-OH is 1. The molecule has 8 nitrogen and oxygen atoms in total. The van der Waals surface area contributed by atoms with Gasteiger partial charge in [-0.3, -0.25) is 10.1 Å². The standard InChI is InChI=1S/C16H25N3O5S/c1-3-18(4-2)25(23,24)16-10-14(19(21)22)7-8-15(16)17-9-5-6-13(11-17)12-20/h7-8,10,13,20H,3-6,9,11-12H2,1-2H3/t13-/m1/s1. The average Bonchev–Trinajstić information content (AvgIpc) is 2.62. The Hall–Kier alpha value is -1.71. The highest BCUT2D eigenvalue weighted by Crippen LogP contribution is 2.34. The van der Waals surface area contributed by atoms with Crippen molar-refractivity contribution in [2.75, 3.05) is 37.7 Å². The third-order valence-electron chi connectivity index (χ3n) is 4.60. The second-order valence-electron chi connectivity index (χ2n) is 6.14. The zero-order chi connectivity index (χ0) is 18.6. The van der Waals surface area contributed by atoms with Crippen molar-refractivity contribution in [3.05, 3.63) is 28.3 Å². The van der Waals surface area contributed by atoms with E-state index in [1.54, 1.807) is 13.8 Å². The van der Waals surface area contributed by atoms with Crippen molar-refractivity contribution in [3.63, 3.8) is 0 Å². The molecule has 0 bridgehead atoms. The van der Waals surface area contributed by atoms with Crippen molar-refractivity contribution >= 4 is 21.4 Å². The van der Waals surface area contributed by atoms with Crippen LogP contribution in [0.2, 0.25) is 0 Å². The molecule has 140 valence electrons. The van der Waals surface area contributed by atoms with E-state index in [9.17, 15) is 23.6 Å². The van der Waals surface area contributed by atoms with Gasteiger partial charge in [0.15, 0.2) is 0 Å². The molecule has 0 spiro atoms. The Morgan fingerprint density at radius 3 is 2.60 bits per heavy atom. The second kappa shape index (κ2) is 8.11. The molecule has 1 aliphatic heterocycles. The van der Waals surface area contributed by atoms with Crippen LogP contribution < -0.4 is 4.90 Å². The number of anilines is 1. The molecule has 0 amide bonds. The van der Waals surface area contributed by atoms with E-state index in [0.29, 0.717) is 31.9 Å². The minimum absolute atomic E-state index is 0.0380. The number of hydrogen-bond donors (Lipinski definition) is 1. The molecule has 1 heterocycles. The molecular weight excluding hydrogens is 346 g/mol. The van der Waals surface area contributed by atoms with Crippen LogP contribution in [0.5, 0.6) is 0 Å². The normalized spacial score (nSPS) is 18.6. The Morgan fingerprint density at radius 1 is 1.36 bits per heavy atom. The summed E-state index contributed by atoms with van der Waals surface area (Å²) >= 11 is 0. The number of sulfonamides is 1. The molecule has 25 heavy (non-hydrogen) atoms. The molecule has 0 aromatic heterocycles. The predicted molar refractivity (Wildman–Crippen MR) is 95.2 cm³/mol. The molecule has 1 N–H and O–H groups in total. The fourth-order valence-corrected chi connectivity index (χ4v) is 4.91. The average molecular weight is 371 g/mol. The SMILES string of the molecule is CCN(CC)S(=O)(=O)c1cc([N+](=O)[O-])ccc1N1CCC[C@@H](CO)C1. The van der Waals surface area contributed by atoms with Crippen molar-refractivity contribution in [2.45, 2.75) is 31.6 Å². The van der Waals surface area contributed by atoms with Crippen LogP contribution in [-0.2, 0) is 10.0 Å². The number of nitro groups is 1. The summed E-state index contributed by atoms with van der Waals surface area (Å²) in [5.41, 5.74) is 0.223. The van der Waals surface area contributed by atoms with Crippen molar-refractivity contribution in [2.24, 2.45) is 5.92 Å². The minimum Gasteiger partial charge on any atom is -0.396 e. The van der Waals surface area contributed by atoms with E-state index >= 15 is 0 Å². The van der Waals surface area contributed by atoms with Gasteiger partial charge in [-0.1, -0.05) is 13.8 Å². The van der Waals surface area contributed by atoms with Gasteiger partial charge in [0.1, 0.15) is 4.90 Å². The summed E-state index contributed by atoms with van der Waals surface area (Å²) < 4.78 is 27.3. The summed E-state index contributed by atoms with van der Waals surface area (Å²) in [6.45, 7) is 5.30. The Bertz CT molecular complexity index is 718. The summed E-state index contributed by atoms with van der Waals surface area (Å²) in [5, 5.41) is 20.5. The van der Waals surface area contributed by atoms with E-state index in [2.05, 4.69) is 0 Å². The zero-order valence-corrected chi connectivity index (χ0v) is 15.4. The molecule has 1 aromatic carbocycles. The van der Waals surface area contributed by atoms with Crippen molar-refractivity contribution < 1.29 is 18.4 Å². The van der Waals surface area contributed by atoms with Crippen LogP contribution in [0.1, 0.15) is 26.7 Å². The highest BCUT2D eigenvalue weighted by atomic mass is 32.2. The van der Waals surface area contributed by atoms with E-state index in [1.807, 2.05) is 4.90 Å². The van der Waals surface area contributed by atoms with Gasteiger partial charge in [0.25, 0.3) is 5.69 Å². The highest BCUT2D eigenvalue weighted by Gasteiger charge is 2.31. The van der Waals surface area contributed by atoms with Crippen LogP contribution >= 0.6 is 0 Å². The maximum atomic E-state index is 13.0. The monoisotopic (exact) mass is 371 g/mol. The van der Waals surface area contributed by atoms with Crippen LogP contribution in [0.3, 0.4) is 0 Å². The summed E-state index contributed by atoms with van der Waals surface area (Å²) in [6, 6.07) is 3.99. The van der Waals surface area contributed by atoms with Crippen LogP contribution in [0.4, 0.5) is 11.4 Å². The first kappa shape index (κ1) is 19.6. The third-order valence-corrected chi connectivity index (χ3v) is 6.67. The Morgan fingerprint density at radius 2 is 2.04 bits per heavy atom. The quantitative estimate of drug-likeness (QED) is 0.579. The van der Waals surface area contributed by atoms with Crippen LogP contribution in [0.25, 0.3) is 0 Å². The van der Waals surface area contributed by atoms with Crippen LogP contribution in [-0.4, -0.2) is 55.5 Å². The first-order valence-electron chi connectivity index (χ1n) is 8.49. The smallest absolute Gasteiger partial charge is 0.270 e. The zero-order valence-electron chi connectivity index (χ0n) is 14.6. The number of aliphatic hydroxyl groups is 1.